The van der Waals surface area contributed by atoms with Crippen LogP contribution in [0.15, 0.2) is 47.6 Å². The first-order valence-electron chi connectivity index (χ1n) is 7.19. The Hall–Kier alpha value is -2.40. The van der Waals surface area contributed by atoms with Gasteiger partial charge < -0.3 is 4.74 Å². The Kier molecular flexibility index (Phi) is 3.31. The van der Waals surface area contributed by atoms with E-state index in [9.17, 15) is 9.18 Å². The fraction of sp³-hybridized carbons (Fsp3) is 0.176. The molecule has 0 spiro atoms. The average molecular weight is 331 g/mol. The summed E-state index contributed by atoms with van der Waals surface area (Å²) in [7, 11) is 0. The van der Waals surface area contributed by atoms with E-state index in [0.717, 1.165) is 16.8 Å². The van der Waals surface area contributed by atoms with Gasteiger partial charge in [-0.15, -0.1) is 0 Å². The number of ether oxygens (including phenoxy) is 1. The lowest BCUT2D eigenvalue weighted by atomic mass is 9.98. The van der Waals surface area contributed by atoms with Crippen LogP contribution in [0.4, 0.5) is 4.39 Å². The second kappa shape index (κ2) is 5.35. The summed E-state index contributed by atoms with van der Waals surface area (Å²) < 4.78 is 18.6. The highest BCUT2D eigenvalue weighted by Crippen LogP contribution is 2.40. The molecule has 2 aromatic rings. The standard InChI is InChI=1S/C17H12ClFN2O2/c18-11-3-6-16-13(7-11)15-8-14(10-1-4-12(19)5-2-10)20-21(15)17(22)9-23-16/h1-7,15H,8-9H2. The van der Waals surface area contributed by atoms with Crippen molar-refractivity contribution in [2.24, 2.45) is 5.10 Å². The van der Waals surface area contributed by atoms with Crippen molar-refractivity contribution in [3.8, 4) is 5.75 Å². The van der Waals surface area contributed by atoms with Crippen LogP contribution in [0.2, 0.25) is 5.02 Å². The molecule has 4 nitrogen and oxygen atoms in total. The number of rotatable bonds is 1. The highest BCUT2D eigenvalue weighted by atomic mass is 35.5. The van der Waals surface area contributed by atoms with Crippen LogP contribution in [-0.2, 0) is 4.79 Å². The Morgan fingerprint density at radius 3 is 2.78 bits per heavy atom. The van der Waals surface area contributed by atoms with Crippen LogP contribution in [0.5, 0.6) is 5.75 Å². The Bertz CT molecular complexity index is 820. The molecule has 0 saturated heterocycles. The minimum Gasteiger partial charge on any atom is -0.483 e. The molecule has 1 amide bonds. The van der Waals surface area contributed by atoms with Crippen molar-refractivity contribution in [3.63, 3.8) is 0 Å². The Morgan fingerprint density at radius 2 is 2.00 bits per heavy atom. The summed E-state index contributed by atoms with van der Waals surface area (Å²) in [6.45, 7) is -0.0642. The van der Waals surface area contributed by atoms with E-state index in [2.05, 4.69) is 5.10 Å². The first kappa shape index (κ1) is 14.2. The quantitative estimate of drug-likeness (QED) is 0.802. The van der Waals surface area contributed by atoms with Crippen LogP contribution < -0.4 is 4.74 Å². The Morgan fingerprint density at radius 1 is 1.22 bits per heavy atom. The molecule has 2 heterocycles. The lowest BCUT2D eigenvalue weighted by Gasteiger charge is -2.18. The maximum Gasteiger partial charge on any atom is 0.281 e. The lowest BCUT2D eigenvalue weighted by Crippen LogP contribution is -2.28. The molecule has 2 aliphatic heterocycles. The molecule has 1 unspecified atom stereocenters. The third-order valence-electron chi connectivity index (χ3n) is 4.03. The number of benzene rings is 2. The predicted octanol–water partition coefficient (Wildman–Crippen LogP) is 3.55. The maximum atomic E-state index is 13.1. The van der Waals surface area contributed by atoms with Crippen LogP contribution in [-0.4, -0.2) is 23.2 Å². The van der Waals surface area contributed by atoms with Gasteiger partial charge in [0.15, 0.2) is 6.61 Å². The number of carbonyl (C=O) groups excluding carboxylic acids is 1. The van der Waals surface area contributed by atoms with Crippen LogP contribution in [0.1, 0.15) is 23.6 Å². The molecule has 0 radical (unpaired) electrons. The van der Waals surface area contributed by atoms with Gasteiger partial charge in [-0.25, -0.2) is 9.40 Å². The molecule has 4 rings (SSSR count). The van der Waals surface area contributed by atoms with Crippen LogP contribution >= 0.6 is 11.6 Å². The predicted molar refractivity (Wildman–Crippen MR) is 84.1 cm³/mol. The summed E-state index contributed by atoms with van der Waals surface area (Å²) >= 11 is 6.09. The van der Waals surface area contributed by atoms with E-state index in [4.69, 9.17) is 16.3 Å². The van der Waals surface area contributed by atoms with Gasteiger partial charge in [0.05, 0.1) is 11.8 Å². The van der Waals surface area contributed by atoms with Gasteiger partial charge in [0, 0.05) is 17.0 Å². The van der Waals surface area contributed by atoms with Gasteiger partial charge >= 0.3 is 0 Å². The summed E-state index contributed by atoms with van der Waals surface area (Å²) in [6.07, 6.45) is 0.536. The molecule has 0 bridgehead atoms. The topological polar surface area (TPSA) is 41.9 Å². The SMILES string of the molecule is O=C1COc2ccc(Cl)cc2C2CC(c3ccc(F)cc3)=NN12. The minimum absolute atomic E-state index is 0.0642. The molecule has 0 N–H and O–H groups in total. The van der Waals surface area contributed by atoms with Crippen molar-refractivity contribution in [3.05, 3.63) is 64.4 Å². The van der Waals surface area contributed by atoms with Crippen LogP contribution in [0.3, 0.4) is 0 Å². The molecule has 0 aromatic heterocycles. The molecular weight excluding hydrogens is 319 g/mol. The first-order chi connectivity index (χ1) is 11.1. The zero-order chi connectivity index (χ0) is 16.0. The van der Waals surface area contributed by atoms with Gasteiger partial charge in [-0.2, -0.15) is 5.10 Å². The Labute approximate surface area is 137 Å². The largest absolute Gasteiger partial charge is 0.483 e. The number of hydrazone groups is 1. The van der Waals surface area contributed by atoms with Crippen molar-refractivity contribution < 1.29 is 13.9 Å². The highest BCUT2D eigenvalue weighted by Gasteiger charge is 2.37. The number of hydrogen-bond donors (Lipinski definition) is 0. The van der Waals surface area contributed by atoms with Crippen molar-refractivity contribution in [2.45, 2.75) is 12.5 Å². The minimum atomic E-state index is -0.302. The number of hydrogen-bond acceptors (Lipinski definition) is 3. The summed E-state index contributed by atoms with van der Waals surface area (Å²) in [4.78, 5) is 12.3. The molecular formula is C17H12ClFN2O2. The van der Waals surface area contributed by atoms with E-state index >= 15 is 0 Å². The van der Waals surface area contributed by atoms with Gasteiger partial charge in [0.2, 0.25) is 0 Å². The molecule has 0 aliphatic carbocycles. The van der Waals surface area contributed by atoms with Gasteiger partial charge in [0.25, 0.3) is 5.91 Å². The highest BCUT2D eigenvalue weighted by molar-refractivity contribution is 6.30. The summed E-state index contributed by atoms with van der Waals surface area (Å²) in [6, 6.07) is 11.2. The molecule has 0 saturated carbocycles. The van der Waals surface area contributed by atoms with Gasteiger partial charge in [0.1, 0.15) is 11.6 Å². The lowest BCUT2D eigenvalue weighted by molar-refractivity contribution is -0.134. The average Bonchev–Trinajstić information content (AvgIpc) is 2.94. The zero-order valence-corrected chi connectivity index (χ0v) is 12.8. The fourth-order valence-corrected chi connectivity index (χ4v) is 3.10. The second-order valence-electron chi connectivity index (χ2n) is 5.48. The smallest absolute Gasteiger partial charge is 0.281 e. The van der Waals surface area contributed by atoms with E-state index in [1.54, 1.807) is 30.3 Å². The van der Waals surface area contributed by atoms with Crippen molar-refractivity contribution in [1.29, 1.82) is 0 Å². The van der Waals surface area contributed by atoms with E-state index < -0.39 is 0 Å². The van der Waals surface area contributed by atoms with Gasteiger partial charge in [-0.1, -0.05) is 23.7 Å². The van der Waals surface area contributed by atoms with Crippen molar-refractivity contribution in [1.82, 2.24) is 5.01 Å². The van der Waals surface area contributed by atoms with Gasteiger partial charge in [-0.05, 0) is 35.9 Å². The number of nitrogens with zero attached hydrogens (tertiary/aromatic N) is 2. The van der Waals surface area contributed by atoms with E-state index in [1.165, 1.54) is 17.1 Å². The number of carbonyl (C=O) groups is 1. The molecule has 116 valence electrons. The van der Waals surface area contributed by atoms with Gasteiger partial charge in [-0.3, -0.25) is 4.79 Å². The molecule has 0 fully saturated rings. The van der Waals surface area contributed by atoms with Crippen molar-refractivity contribution in [2.75, 3.05) is 6.61 Å². The van der Waals surface area contributed by atoms with Crippen LogP contribution in [0.25, 0.3) is 0 Å². The number of amides is 1. The number of halogens is 2. The molecule has 23 heavy (non-hydrogen) atoms. The molecule has 1 atom stereocenters. The molecule has 2 aliphatic rings. The van der Waals surface area contributed by atoms with Crippen LogP contribution in [0, 0.1) is 5.82 Å². The second-order valence-corrected chi connectivity index (χ2v) is 5.92. The summed E-state index contributed by atoms with van der Waals surface area (Å²) in [5, 5.41) is 6.46. The molecule has 2 aromatic carbocycles. The first-order valence-corrected chi connectivity index (χ1v) is 7.57. The third kappa shape index (κ3) is 2.47. The summed E-state index contributed by atoms with van der Waals surface area (Å²) in [5.41, 5.74) is 2.39. The van der Waals surface area contributed by atoms with Crippen molar-refractivity contribution >= 4 is 23.2 Å². The third-order valence-corrected chi connectivity index (χ3v) is 4.26. The Balaban J connectivity index is 1.75. The van der Waals surface area contributed by atoms with E-state index in [-0.39, 0.29) is 24.4 Å². The monoisotopic (exact) mass is 330 g/mol. The normalized spacial score (nSPS) is 19.6. The number of fused-ring (bicyclic) bond motifs is 3. The fourth-order valence-electron chi connectivity index (χ4n) is 2.92. The maximum absolute atomic E-state index is 13.1. The van der Waals surface area contributed by atoms with E-state index in [0.29, 0.717) is 17.2 Å². The van der Waals surface area contributed by atoms with E-state index in [1.807, 2.05) is 0 Å². The summed E-state index contributed by atoms with van der Waals surface area (Å²) in [5.74, 6) is 0.133. The molecule has 6 heteroatoms. The zero-order valence-electron chi connectivity index (χ0n) is 12.0.